The molecule has 2 aliphatic heterocycles. The van der Waals surface area contributed by atoms with Gasteiger partial charge in [0.05, 0.1) is 23.3 Å². The van der Waals surface area contributed by atoms with E-state index in [0.717, 1.165) is 8.95 Å². The van der Waals surface area contributed by atoms with Gasteiger partial charge in [0.2, 0.25) is 0 Å². The summed E-state index contributed by atoms with van der Waals surface area (Å²) in [6.07, 6.45) is 7.07. The van der Waals surface area contributed by atoms with E-state index < -0.39 is 0 Å². The Hall–Kier alpha value is -1.95. The molecule has 5 heterocycles. The molecule has 3 aromatic heterocycles. The molecule has 0 aromatic carbocycles. The van der Waals surface area contributed by atoms with Crippen LogP contribution >= 0.6 is 31.9 Å². The molecule has 2 aliphatic rings. The Labute approximate surface area is 185 Å². The number of fused-ring (bicyclic) bond motifs is 8. The number of hydrogen-bond acceptors (Lipinski definition) is 6. The van der Waals surface area contributed by atoms with Crippen LogP contribution in [0.3, 0.4) is 0 Å². The Morgan fingerprint density at radius 1 is 0.556 bits per heavy atom. The molecule has 11 heteroatoms. The van der Waals surface area contributed by atoms with Crippen LogP contribution in [0.1, 0.15) is 23.3 Å². The van der Waals surface area contributed by atoms with Gasteiger partial charge in [-0.3, -0.25) is 0 Å². The molecule has 0 radical (unpaired) electrons. The molecule has 0 spiro atoms. The molecular formula is C16H6Br2MgN8. The van der Waals surface area contributed by atoms with Crippen molar-refractivity contribution >= 4 is 102 Å². The summed E-state index contributed by atoms with van der Waals surface area (Å²) in [6, 6.07) is 3.55. The van der Waals surface area contributed by atoms with Gasteiger partial charge in [0.15, 0.2) is 0 Å². The average molecular weight is 494 g/mol. The van der Waals surface area contributed by atoms with Gasteiger partial charge in [-0.15, -0.1) is 0 Å². The molecule has 0 amide bonds. The van der Waals surface area contributed by atoms with Crippen molar-refractivity contribution in [3.63, 3.8) is 0 Å². The predicted molar refractivity (Wildman–Crippen MR) is 109 cm³/mol. The summed E-state index contributed by atoms with van der Waals surface area (Å²) in [7, 11) is 0. The van der Waals surface area contributed by atoms with Crippen molar-refractivity contribution in [3.05, 3.63) is 44.4 Å². The fourth-order valence-corrected chi connectivity index (χ4v) is 3.16. The second-order valence-electron chi connectivity index (χ2n) is 5.34. The molecule has 3 aromatic rings. The van der Waals surface area contributed by atoms with Gasteiger partial charge in [-0.1, -0.05) is 0 Å². The zero-order valence-electron chi connectivity index (χ0n) is 13.5. The summed E-state index contributed by atoms with van der Waals surface area (Å²) in [6.45, 7) is 0. The van der Waals surface area contributed by atoms with Crippen molar-refractivity contribution in [2.75, 3.05) is 0 Å². The Bertz CT molecular complexity index is 1180. The van der Waals surface area contributed by atoms with Crippen molar-refractivity contribution in [1.29, 1.82) is 0 Å². The minimum absolute atomic E-state index is 0. The molecule has 0 saturated carbocycles. The van der Waals surface area contributed by atoms with E-state index in [0.29, 0.717) is 45.9 Å². The second kappa shape index (κ2) is 7.22. The van der Waals surface area contributed by atoms with Crippen LogP contribution in [0, 0.1) is 0 Å². The van der Waals surface area contributed by atoms with Crippen molar-refractivity contribution in [2.24, 2.45) is 0 Å². The molecule has 8 nitrogen and oxygen atoms in total. The summed E-state index contributed by atoms with van der Waals surface area (Å²) in [5, 5.41) is 0. The number of rotatable bonds is 0. The van der Waals surface area contributed by atoms with Gasteiger partial charge in [-0.2, -0.15) is 0 Å². The van der Waals surface area contributed by atoms with Gasteiger partial charge < -0.3 is 29.9 Å². The summed E-state index contributed by atoms with van der Waals surface area (Å²) in [4.78, 5) is 35.2. The monoisotopic (exact) mass is 492 g/mol. The number of nitrogens with zero attached hydrogens (tertiary/aromatic N) is 8. The van der Waals surface area contributed by atoms with E-state index in [1.807, 2.05) is 0 Å². The van der Waals surface area contributed by atoms with Crippen LogP contribution in [-0.4, -0.2) is 53.0 Å². The quantitative estimate of drug-likeness (QED) is 0.303. The third-order valence-corrected chi connectivity index (χ3v) is 4.67. The number of halogens is 2. The van der Waals surface area contributed by atoms with E-state index in [1.54, 1.807) is 36.4 Å². The zero-order chi connectivity index (χ0) is 17.7. The van der Waals surface area contributed by atoms with Crippen LogP contribution in [0.4, 0.5) is 0 Å². The largest absolute Gasteiger partial charge is 2.00 e. The first-order chi connectivity index (χ1) is 12.6. The third-order valence-electron chi connectivity index (χ3n) is 3.50. The summed E-state index contributed by atoms with van der Waals surface area (Å²) in [5.74, 6) is 2.03. The second-order valence-corrected chi connectivity index (χ2v) is 7.05. The fraction of sp³-hybridized carbons (Fsp3) is 0. The third kappa shape index (κ3) is 3.72. The Kier molecular flexibility index (Phi) is 4.93. The molecule has 0 aliphatic carbocycles. The normalized spacial score (nSPS) is 12.2. The standard InChI is InChI=1S/C16H6Br2N8.Mg/c17-7-5-13-21-9-1-3-11(19-9)23-15-8(18)6-14(26-15)22-10-2-4-12(20-10)24-16(7)25-13;/h1-6H;/q-2;+2. The molecule has 0 saturated heterocycles. The van der Waals surface area contributed by atoms with E-state index in [1.165, 1.54) is 0 Å². The van der Waals surface area contributed by atoms with Crippen molar-refractivity contribution in [3.8, 4) is 0 Å². The Balaban J connectivity index is 0.00000180. The smallest absolute Gasteiger partial charge is 0.357 e. The summed E-state index contributed by atoms with van der Waals surface area (Å²) < 4.78 is 1.45. The zero-order valence-corrected chi connectivity index (χ0v) is 18.1. The minimum Gasteiger partial charge on any atom is -0.357 e. The van der Waals surface area contributed by atoms with E-state index in [2.05, 4.69) is 71.7 Å². The van der Waals surface area contributed by atoms with Crippen molar-refractivity contribution in [1.82, 2.24) is 39.9 Å². The van der Waals surface area contributed by atoms with Crippen LogP contribution < -0.4 is 9.97 Å². The maximum Gasteiger partial charge on any atom is 2.00 e. The van der Waals surface area contributed by atoms with Gasteiger partial charge >= 0.3 is 23.1 Å². The fourth-order valence-electron chi connectivity index (χ4n) is 2.40. The van der Waals surface area contributed by atoms with Crippen LogP contribution in [0.25, 0.3) is 46.9 Å². The number of aromatic nitrogens is 8. The number of hydrogen-bond donors (Lipinski definition) is 0. The molecular weight excluding hydrogens is 488 g/mol. The Morgan fingerprint density at radius 3 is 1.33 bits per heavy atom. The van der Waals surface area contributed by atoms with E-state index in [-0.39, 0.29) is 23.1 Å². The van der Waals surface area contributed by atoms with Crippen LogP contribution in [-0.2, 0) is 0 Å². The molecule has 0 N–H and O–H groups in total. The first-order valence-corrected chi connectivity index (χ1v) is 9.02. The average Bonchev–Trinajstić information content (AvgIpc) is 3.34. The molecule has 0 atom stereocenters. The topological polar surface area (TPSA) is 106 Å². The molecule has 5 rings (SSSR count). The molecule has 0 unspecified atom stereocenters. The molecule has 0 fully saturated rings. The minimum atomic E-state index is 0. The SMILES string of the molecule is Brc1cc2nc3nc(nc4[n-]c(cc4Br)nc4nc(nc1[n-]2)C=C4)C=C3.[Mg+2]. The summed E-state index contributed by atoms with van der Waals surface area (Å²) in [5.41, 5.74) is 1.99. The van der Waals surface area contributed by atoms with Crippen LogP contribution in [0.2, 0.25) is 0 Å². The van der Waals surface area contributed by atoms with Crippen molar-refractivity contribution < 1.29 is 0 Å². The maximum atomic E-state index is 4.43. The van der Waals surface area contributed by atoms with E-state index in [4.69, 9.17) is 0 Å². The van der Waals surface area contributed by atoms with Gasteiger partial charge in [0.25, 0.3) is 0 Å². The Morgan fingerprint density at radius 2 is 0.926 bits per heavy atom. The first kappa shape index (κ1) is 18.4. The maximum absolute atomic E-state index is 4.43. The van der Waals surface area contributed by atoms with Crippen LogP contribution in [0.5, 0.6) is 0 Å². The molecule has 126 valence electrons. The molecule has 27 heavy (non-hydrogen) atoms. The van der Waals surface area contributed by atoms with Crippen molar-refractivity contribution in [2.45, 2.75) is 0 Å². The van der Waals surface area contributed by atoms with Gasteiger partial charge in [-0.25, -0.2) is 9.97 Å². The summed E-state index contributed by atoms with van der Waals surface area (Å²) >= 11 is 6.89. The van der Waals surface area contributed by atoms with Gasteiger partial charge in [0.1, 0.15) is 0 Å². The van der Waals surface area contributed by atoms with Crippen LogP contribution in [0.15, 0.2) is 21.1 Å². The molecule has 8 bridgehead atoms. The van der Waals surface area contributed by atoms with Gasteiger partial charge in [-0.05, 0) is 68.3 Å². The predicted octanol–water partition coefficient (Wildman–Crippen LogP) is 2.64. The first-order valence-electron chi connectivity index (χ1n) is 7.43. The van der Waals surface area contributed by atoms with E-state index in [9.17, 15) is 0 Å². The van der Waals surface area contributed by atoms with E-state index >= 15 is 0 Å². The van der Waals surface area contributed by atoms with Gasteiger partial charge in [0, 0.05) is 31.5 Å².